The standard InChI is InChI=1S/C22H33N5O2/c1-2-12-25-14-16-26(17-15-25)13-6-11-23-21(28)18-27-22(29)10-9-20(24-27)19-7-4-3-5-8-19/h3-5,7-9,24H,2,6,10-18H2,1H3,(H,23,28)/p+2. The van der Waals surface area contributed by atoms with Crippen LogP contribution in [-0.4, -0.2) is 69.2 Å². The molecule has 3 rings (SSSR count). The fraction of sp³-hybridized carbons (Fsp3) is 0.545. The molecule has 0 atom stereocenters. The van der Waals surface area contributed by atoms with Gasteiger partial charge in [-0.2, -0.15) is 0 Å². The first-order chi connectivity index (χ1) is 14.2. The van der Waals surface area contributed by atoms with Gasteiger partial charge < -0.3 is 15.1 Å². The number of hydrogen-bond acceptors (Lipinski definition) is 3. The van der Waals surface area contributed by atoms with Crippen LogP contribution >= 0.6 is 0 Å². The fourth-order valence-electron chi connectivity index (χ4n) is 4.06. The summed E-state index contributed by atoms with van der Waals surface area (Å²) < 4.78 is 0. The van der Waals surface area contributed by atoms with E-state index in [1.165, 1.54) is 44.2 Å². The smallest absolute Gasteiger partial charge is 0.245 e. The van der Waals surface area contributed by atoms with E-state index in [1.807, 2.05) is 36.4 Å². The van der Waals surface area contributed by atoms with Crippen LogP contribution in [0.3, 0.4) is 0 Å². The Kier molecular flexibility index (Phi) is 8.07. The molecule has 158 valence electrons. The Balaban J connectivity index is 1.34. The predicted molar refractivity (Wildman–Crippen MR) is 113 cm³/mol. The summed E-state index contributed by atoms with van der Waals surface area (Å²) in [4.78, 5) is 27.8. The van der Waals surface area contributed by atoms with E-state index in [9.17, 15) is 9.59 Å². The SMILES string of the molecule is CCC[NH+]1CC[NH+](CCCNC(=O)CN2NC(c3ccccc3)=CCC2=O)CC1. The van der Waals surface area contributed by atoms with E-state index in [2.05, 4.69) is 17.7 Å². The summed E-state index contributed by atoms with van der Waals surface area (Å²) in [6, 6.07) is 9.84. The largest absolute Gasteiger partial charge is 0.354 e. The molecule has 7 nitrogen and oxygen atoms in total. The van der Waals surface area contributed by atoms with Crippen LogP contribution in [0.4, 0.5) is 0 Å². The van der Waals surface area contributed by atoms with Crippen LogP contribution in [0, 0.1) is 0 Å². The molecule has 0 aromatic heterocycles. The summed E-state index contributed by atoms with van der Waals surface area (Å²) in [5, 5.41) is 4.38. The van der Waals surface area contributed by atoms with Crippen molar-refractivity contribution in [2.24, 2.45) is 0 Å². The Bertz CT molecular complexity index is 698. The molecule has 7 heteroatoms. The zero-order chi connectivity index (χ0) is 20.5. The number of nitrogens with zero attached hydrogens (tertiary/aromatic N) is 1. The molecule has 29 heavy (non-hydrogen) atoms. The molecule has 1 saturated heterocycles. The Labute approximate surface area is 173 Å². The summed E-state index contributed by atoms with van der Waals surface area (Å²) >= 11 is 0. The molecule has 0 bridgehead atoms. The maximum Gasteiger partial charge on any atom is 0.245 e. The number of hydrazine groups is 1. The van der Waals surface area contributed by atoms with Crippen molar-refractivity contribution >= 4 is 17.5 Å². The number of amides is 2. The van der Waals surface area contributed by atoms with Gasteiger partial charge in [-0.05, 0) is 18.1 Å². The van der Waals surface area contributed by atoms with Gasteiger partial charge in [-0.15, -0.1) is 0 Å². The van der Waals surface area contributed by atoms with E-state index < -0.39 is 0 Å². The average Bonchev–Trinajstić information content (AvgIpc) is 2.75. The lowest BCUT2D eigenvalue weighted by atomic mass is 10.1. The predicted octanol–water partition coefficient (Wildman–Crippen LogP) is -1.54. The highest BCUT2D eigenvalue weighted by Crippen LogP contribution is 2.16. The number of nitrogens with one attached hydrogen (secondary N) is 4. The van der Waals surface area contributed by atoms with Gasteiger partial charge in [0.2, 0.25) is 11.8 Å². The minimum absolute atomic E-state index is 0.0366. The monoisotopic (exact) mass is 401 g/mol. The molecule has 0 aliphatic carbocycles. The van der Waals surface area contributed by atoms with Gasteiger partial charge >= 0.3 is 0 Å². The minimum atomic E-state index is -0.118. The molecule has 2 amide bonds. The molecule has 2 aliphatic rings. The summed E-state index contributed by atoms with van der Waals surface area (Å²) in [6.07, 6.45) is 4.41. The Morgan fingerprint density at radius 3 is 2.48 bits per heavy atom. The van der Waals surface area contributed by atoms with Gasteiger partial charge in [0.25, 0.3) is 0 Å². The van der Waals surface area contributed by atoms with Crippen LogP contribution in [-0.2, 0) is 9.59 Å². The van der Waals surface area contributed by atoms with Crippen molar-refractivity contribution in [1.29, 1.82) is 0 Å². The molecule has 4 N–H and O–H groups in total. The number of carbonyl (C=O) groups is 2. The van der Waals surface area contributed by atoms with E-state index in [1.54, 1.807) is 9.80 Å². The van der Waals surface area contributed by atoms with Crippen molar-refractivity contribution in [3.8, 4) is 0 Å². The first kappa shape index (κ1) is 21.3. The second-order valence-electron chi connectivity index (χ2n) is 7.98. The minimum Gasteiger partial charge on any atom is -0.354 e. The molecule has 1 aromatic rings. The van der Waals surface area contributed by atoms with E-state index in [-0.39, 0.29) is 18.4 Å². The number of piperazine rings is 1. The van der Waals surface area contributed by atoms with E-state index in [4.69, 9.17) is 0 Å². The second-order valence-corrected chi connectivity index (χ2v) is 7.98. The van der Waals surface area contributed by atoms with Crippen molar-refractivity contribution in [1.82, 2.24) is 15.8 Å². The molecule has 0 spiro atoms. The normalized spacial score (nSPS) is 22.0. The van der Waals surface area contributed by atoms with Crippen LogP contribution in [0.5, 0.6) is 0 Å². The quantitative estimate of drug-likeness (QED) is 0.379. The molecule has 2 heterocycles. The molecule has 1 aromatic carbocycles. The molecule has 1 fully saturated rings. The average molecular weight is 402 g/mol. The Morgan fingerprint density at radius 1 is 1.10 bits per heavy atom. The van der Waals surface area contributed by atoms with Gasteiger partial charge in [0.1, 0.15) is 32.7 Å². The van der Waals surface area contributed by atoms with E-state index in [0.29, 0.717) is 13.0 Å². The van der Waals surface area contributed by atoms with Crippen molar-refractivity contribution in [3.63, 3.8) is 0 Å². The van der Waals surface area contributed by atoms with Crippen LogP contribution < -0.4 is 20.5 Å². The lowest BCUT2D eigenvalue weighted by molar-refractivity contribution is -1.01. The highest BCUT2D eigenvalue weighted by Gasteiger charge is 2.23. The first-order valence-corrected chi connectivity index (χ1v) is 10.9. The molecule has 0 radical (unpaired) electrons. The third-order valence-electron chi connectivity index (χ3n) is 5.72. The summed E-state index contributed by atoms with van der Waals surface area (Å²) in [5.74, 6) is -0.205. The maximum atomic E-state index is 12.3. The number of carbonyl (C=O) groups excluding carboxylic acids is 2. The van der Waals surface area contributed by atoms with Gasteiger partial charge in [-0.3, -0.25) is 15.0 Å². The summed E-state index contributed by atoms with van der Waals surface area (Å²) in [6.45, 7) is 10.3. The lowest BCUT2D eigenvalue weighted by Gasteiger charge is -2.30. The van der Waals surface area contributed by atoms with Crippen LogP contribution in [0.15, 0.2) is 36.4 Å². The van der Waals surface area contributed by atoms with Crippen LogP contribution in [0.25, 0.3) is 5.70 Å². The number of benzene rings is 1. The highest BCUT2D eigenvalue weighted by molar-refractivity contribution is 5.88. The van der Waals surface area contributed by atoms with Gasteiger partial charge in [-0.1, -0.05) is 37.3 Å². The molecular weight excluding hydrogens is 366 g/mol. The van der Waals surface area contributed by atoms with Crippen molar-refractivity contribution in [2.75, 3.05) is 52.4 Å². The van der Waals surface area contributed by atoms with E-state index in [0.717, 1.165) is 24.2 Å². The number of rotatable bonds is 9. The van der Waals surface area contributed by atoms with Crippen molar-refractivity contribution in [3.05, 3.63) is 42.0 Å². The third-order valence-corrected chi connectivity index (χ3v) is 5.72. The zero-order valence-corrected chi connectivity index (χ0v) is 17.5. The van der Waals surface area contributed by atoms with Crippen molar-refractivity contribution < 1.29 is 19.4 Å². The maximum absolute atomic E-state index is 12.3. The van der Waals surface area contributed by atoms with Gasteiger partial charge in [-0.25, -0.2) is 5.01 Å². The Hall–Kier alpha value is -2.38. The van der Waals surface area contributed by atoms with Gasteiger partial charge in [0, 0.05) is 19.4 Å². The lowest BCUT2D eigenvalue weighted by Crippen LogP contribution is -3.28. The third kappa shape index (κ3) is 6.58. The number of quaternary nitrogens is 2. The molecule has 0 saturated carbocycles. The molecule has 0 unspecified atom stereocenters. The molecular formula is C22H35N5O2+2. The summed E-state index contributed by atoms with van der Waals surface area (Å²) in [7, 11) is 0. The Morgan fingerprint density at radius 2 is 1.79 bits per heavy atom. The van der Waals surface area contributed by atoms with Gasteiger partial charge in [0.05, 0.1) is 18.8 Å². The van der Waals surface area contributed by atoms with Crippen LogP contribution in [0.2, 0.25) is 0 Å². The topological polar surface area (TPSA) is 70.3 Å². The second kappa shape index (κ2) is 11.0. The zero-order valence-electron chi connectivity index (χ0n) is 17.5. The number of hydrogen-bond donors (Lipinski definition) is 4. The molecule has 2 aliphatic heterocycles. The summed E-state index contributed by atoms with van der Waals surface area (Å²) in [5.41, 5.74) is 4.96. The van der Waals surface area contributed by atoms with E-state index >= 15 is 0 Å². The van der Waals surface area contributed by atoms with Crippen LogP contribution in [0.1, 0.15) is 31.7 Å². The highest BCUT2D eigenvalue weighted by atomic mass is 16.2. The van der Waals surface area contributed by atoms with Gasteiger partial charge in [0.15, 0.2) is 0 Å². The van der Waals surface area contributed by atoms with Crippen molar-refractivity contribution in [2.45, 2.75) is 26.2 Å². The first-order valence-electron chi connectivity index (χ1n) is 10.9. The fourth-order valence-corrected chi connectivity index (χ4v) is 4.06.